The van der Waals surface area contributed by atoms with Gasteiger partial charge < -0.3 is 10.1 Å². The summed E-state index contributed by atoms with van der Waals surface area (Å²) in [4.78, 5) is 13.2. The summed E-state index contributed by atoms with van der Waals surface area (Å²) < 4.78 is 5.49. The molecule has 2 N–H and O–H groups in total. The highest BCUT2D eigenvalue weighted by Gasteiger charge is 2.19. The number of aromatic nitrogens is 5. The Labute approximate surface area is 110 Å². The van der Waals surface area contributed by atoms with Gasteiger partial charge >= 0.3 is 0 Å². The van der Waals surface area contributed by atoms with E-state index in [0.717, 1.165) is 36.5 Å². The molecule has 0 amide bonds. The van der Waals surface area contributed by atoms with Gasteiger partial charge in [-0.1, -0.05) is 6.92 Å². The molecular weight excluding hydrogens is 244 g/mol. The van der Waals surface area contributed by atoms with Crippen LogP contribution in [0, 0.1) is 0 Å². The molecule has 0 unspecified atom stereocenters. The number of aromatic amines is 1. The van der Waals surface area contributed by atoms with Gasteiger partial charge in [-0.05, 0) is 6.42 Å². The van der Waals surface area contributed by atoms with Gasteiger partial charge in [0.2, 0.25) is 0 Å². The molecule has 1 aliphatic rings. The summed E-state index contributed by atoms with van der Waals surface area (Å²) in [6.45, 7) is 4.26. The standard InChI is InChI=1S/C12H16N6O/c1-2-4-13-10-8-6-19-5-3-9(8)16-12(17-10)11-14-7-15-18-11/h7H,2-6H2,1H3,(H,13,16,17)(H,14,15,18). The zero-order chi connectivity index (χ0) is 13.1. The number of nitrogens with zero attached hydrogens (tertiary/aromatic N) is 4. The first-order valence-corrected chi connectivity index (χ1v) is 6.45. The van der Waals surface area contributed by atoms with E-state index in [2.05, 4.69) is 37.4 Å². The van der Waals surface area contributed by atoms with Crippen molar-refractivity contribution in [2.45, 2.75) is 26.4 Å². The highest BCUT2D eigenvalue weighted by atomic mass is 16.5. The molecule has 0 aliphatic carbocycles. The summed E-state index contributed by atoms with van der Waals surface area (Å²) in [5.41, 5.74) is 2.09. The number of nitrogens with one attached hydrogen (secondary N) is 2. The van der Waals surface area contributed by atoms with Crippen LogP contribution in [0.5, 0.6) is 0 Å². The Balaban J connectivity index is 2.02. The van der Waals surface area contributed by atoms with E-state index in [1.807, 2.05) is 0 Å². The third-order valence-corrected chi connectivity index (χ3v) is 2.99. The van der Waals surface area contributed by atoms with Crippen molar-refractivity contribution >= 4 is 5.82 Å². The monoisotopic (exact) mass is 260 g/mol. The predicted octanol–water partition coefficient (Wildman–Crippen LogP) is 1.16. The minimum atomic E-state index is 0.568. The van der Waals surface area contributed by atoms with Crippen LogP contribution in [-0.2, 0) is 17.8 Å². The maximum atomic E-state index is 5.49. The summed E-state index contributed by atoms with van der Waals surface area (Å²) in [5.74, 6) is 2.02. The van der Waals surface area contributed by atoms with Gasteiger partial charge in [0.25, 0.3) is 0 Å². The molecule has 3 rings (SSSR count). The van der Waals surface area contributed by atoms with E-state index < -0.39 is 0 Å². The third-order valence-electron chi connectivity index (χ3n) is 2.99. The lowest BCUT2D eigenvalue weighted by Crippen LogP contribution is -2.17. The number of fused-ring (bicyclic) bond motifs is 1. The first-order chi connectivity index (χ1) is 9.38. The van der Waals surface area contributed by atoms with Gasteiger partial charge in [0, 0.05) is 18.5 Å². The van der Waals surface area contributed by atoms with Crippen LogP contribution in [0.25, 0.3) is 11.6 Å². The minimum Gasteiger partial charge on any atom is -0.376 e. The molecule has 0 atom stereocenters. The Bertz CT molecular complexity index is 554. The van der Waals surface area contributed by atoms with Gasteiger partial charge in [-0.15, -0.1) is 0 Å². The zero-order valence-corrected chi connectivity index (χ0v) is 10.8. The third kappa shape index (κ3) is 2.41. The van der Waals surface area contributed by atoms with E-state index in [-0.39, 0.29) is 0 Å². The van der Waals surface area contributed by atoms with E-state index in [1.54, 1.807) is 0 Å². The SMILES string of the molecule is CCCNc1nc(-c2ncn[nH]2)nc2c1COCC2. The van der Waals surface area contributed by atoms with Crippen LogP contribution >= 0.6 is 0 Å². The number of rotatable bonds is 4. The summed E-state index contributed by atoms with van der Waals surface area (Å²) >= 11 is 0. The molecule has 0 spiro atoms. The van der Waals surface area contributed by atoms with E-state index in [0.29, 0.717) is 24.9 Å². The van der Waals surface area contributed by atoms with E-state index in [9.17, 15) is 0 Å². The molecule has 100 valence electrons. The molecule has 0 radical (unpaired) electrons. The summed E-state index contributed by atoms with van der Waals surface area (Å²) in [5, 5.41) is 9.97. The minimum absolute atomic E-state index is 0.568. The van der Waals surface area contributed by atoms with Crippen molar-refractivity contribution < 1.29 is 4.74 Å². The Kier molecular flexibility index (Phi) is 3.37. The summed E-state index contributed by atoms with van der Waals surface area (Å²) in [6.07, 6.45) is 3.30. The quantitative estimate of drug-likeness (QED) is 0.857. The fourth-order valence-electron chi connectivity index (χ4n) is 2.04. The normalized spacial score (nSPS) is 14.2. The molecule has 7 heteroatoms. The van der Waals surface area contributed by atoms with Crippen molar-refractivity contribution in [1.29, 1.82) is 0 Å². The first kappa shape index (κ1) is 12.0. The van der Waals surface area contributed by atoms with Crippen LogP contribution in [0.4, 0.5) is 5.82 Å². The lowest BCUT2D eigenvalue weighted by Gasteiger charge is -2.19. The zero-order valence-electron chi connectivity index (χ0n) is 10.8. The molecule has 0 saturated heterocycles. The topological polar surface area (TPSA) is 88.6 Å². The molecule has 0 saturated carbocycles. The molecule has 1 aliphatic heterocycles. The molecule has 0 bridgehead atoms. The number of hydrogen-bond donors (Lipinski definition) is 2. The molecule has 7 nitrogen and oxygen atoms in total. The Morgan fingerprint density at radius 1 is 1.42 bits per heavy atom. The van der Waals surface area contributed by atoms with Gasteiger partial charge in [0.05, 0.1) is 18.9 Å². The first-order valence-electron chi connectivity index (χ1n) is 6.45. The van der Waals surface area contributed by atoms with Crippen LogP contribution in [0.15, 0.2) is 6.33 Å². The van der Waals surface area contributed by atoms with Gasteiger partial charge in [-0.2, -0.15) is 5.10 Å². The van der Waals surface area contributed by atoms with Crippen molar-refractivity contribution in [2.24, 2.45) is 0 Å². The van der Waals surface area contributed by atoms with Gasteiger partial charge in [-0.25, -0.2) is 15.0 Å². The van der Waals surface area contributed by atoms with Gasteiger partial charge in [0.15, 0.2) is 11.6 Å². The second kappa shape index (κ2) is 5.31. The number of ether oxygens (including phenoxy) is 1. The largest absolute Gasteiger partial charge is 0.376 e. The lowest BCUT2D eigenvalue weighted by molar-refractivity contribution is 0.109. The Morgan fingerprint density at radius 2 is 2.37 bits per heavy atom. The molecule has 2 aromatic rings. The van der Waals surface area contributed by atoms with Crippen LogP contribution in [-0.4, -0.2) is 38.3 Å². The molecule has 19 heavy (non-hydrogen) atoms. The van der Waals surface area contributed by atoms with E-state index >= 15 is 0 Å². The molecule has 2 aromatic heterocycles. The Morgan fingerprint density at radius 3 is 3.16 bits per heavy atom. The fourth-order valence-corrected chi connectivity index (χ4v) is 2.04. The fraction of sp³-hybridized carbons (Fsp3) is 0.500. The number of H-pyrrole nitrogens is 1. The lowest BCUT2D eigenvalue weighted by atomic mass is 10.1. The summed E-state index contributed by atoms with van der Waals surface area (Å²) in [6, 6.07) is 0. The van der Waals surface area contributed by atoms with Crippen molar-refractivity contribution in [3.8, 4) is 11.6 Å². The Hall–Kier alpha value is -2.02. The van der Waals surface area contributed by atoms with Crippen LogP contribution in [0.1, 0.15) is 24.6 Å². The summed E-state index contributed by atoms with van der Waals surface area (Å²) in [7, 11) is 0. The molecule has 0 fully saturated rings. The average Bonchev–Trinajstić information content (AvgIpc) is 2.98. The second-order valence-electron chi connectivity index (χ2n) is 4.38. The van der Waals surface area contributed by atoms with Crippen molar-refractivity contribution in [3.63, 3.8) is 0 Å². The average molecular weight is 260 g/mol. The molecule has 3 heterocycles. The van der Waals surface area contributed by atoms with Crippen molar-refractivity contribution in [1.82, 2.24) is 25.1 Å². The van der Waals surface area contributed by atoms with E-state index in [1.165, 1.54) is 6.33 Å². The second-order valence-corrected chi connectivity index (χ2v) is 4.38. The highest BCUT2D eigenvalue weighted by molar-refractivity contribution is 5.54. The van der Waals surface area contributed by atoms with Gasteiger partial charge in [-0.3, -0.25) is 5.10 Å². The maximum absolute atomic E-state index is 5.49. The molecule has 0 aromatic carbocycles. The van der Waals surface area contributed by atoms with Crippen LogP contribution < -0.4 is 5.32 Å². The number of hydrogen-bond acceptors (Lipinski definition) is 6. The van der Waals surface area contributed by atoms with Crippen LogP contribution in [0.3, 0.4) is 0 Å². The number of anilines is 1. The van der Waals surface area contributed by atoms with E-state index in [4.69, 9.17) is 4.74 Å². The highest BCUT2D eigenvalue weighted by Crippen LogP contribution is 2.24. The van der Waals surface area contributed by atoms with Crippen LogP contribution in [0.2, 0.25) is 0 Å². The van der Waals surface area contributed by atoms with Crippen molar-refractivity contribution in [2.75, 3.05) is 18.5 Å². The predicted molar refractivity (Wildman–Crippen MR) is 69.5 cm³/mol. The smallest absolute Gasteiger partial charge is 0.199 e. The maximum Gasteiger partial charge on any atom is 0.199 e. The van der Waals surface area contributed by atoms with Gasteiger partial charge in [0.1, 0.15) is 12.1 Å². The van der Waals surface area contributed by atoms with Crippen molar-refractivity contribution in [3.05, 3.63) is 17.6 Å². The molecular formula is C12H16N6O.